The Morgan fingerprint density at radius 2 is 1.56 bits per heavy atom. The van der Waals surface area contributed by atoms with Crippen molar-refractivity contribution in [3.8, 4) is 22.8 Å². The second-order valence-corrected chi connectivity index (χ2v) is 8.38. The largest absolute Gasteiger partial charge is 0.493 e. The lowest BCUT2D eigenvalue weighted by Gasteiger charge is -2.28. The van der Waals surface area contributed by atoms with Gasteiger partial charge in [-0.25, -0.2) is 9.79 Å². The number of methoxy groups -OCH3 is 2. The molecule has 0 spiro atoms. The van der Waals surface area contributed by atoms with Gasteiger partial charge in [-0.05, 0) is 62.9 Å². The van der Waals surface area contributed by atoms with E-state index >= 15 is 0 Å². The molecule has 32 heavy (non-hydrogen) atoms. The summed E-state index contributed by atoms with van der Waals surface area (Å²) in [6, 6.07) is 10.2. The van der Waals surface area contributed by atoms with E-state index in [2.05, 4.69) is 39.8 Å². The van der Waals surface area contributed by atoms with Gasteiger partial charge in [0.1, 0.15) is 5.49 Å². The van der Waals surface area contributed by atoms with Crippen molar-refractivity contribution < 1.29 is 9.47 Å². The minimum atomic E-state index is -0.0772. The van der Waals surface area contributed by atoms with Crippen LogP contribution in [0.25, 0.3) is 11.3 Å². The zero-order chi connectivity index (χ0) is 22.4. The predicted molar refractivity (Wildman–Crippen MR) is 130 cm³/mol. The zero-order valence-electron chi connectivity index (χ0n) is 19.6. The van der Waals surface area contributed by atoms with Gasteiger partial charge < -0.3 is 9.47 Å². The van der Waals surface area contributed by atoms with E-state index in [0.717, 1.165) is 40.1 Å². The smallest absolute Gasteiger partial charge is 0.330 e. The molecule has 1 aliphatic heterocycles. The first-order valence-corrected chi connectivity index (χ1v) is 10.5. The Hall–Kier alpha value is -2.99. The Labute approximate surface area is 194 Å². The molecule has 0 N–H and O–H groups in total. The molecule has 0 aliphatic carbocycles. The molecule has 0 saturated heterocycles. The molecule has 6 nitrogen and oxygen atoms in total. The van der Waals surface area contributed by atoms with Gasteiger partial charge in [0, 0.05) is 24.7 Å². The van der Waals surface area contributed by atoms with Gasteiger partial charge in [0.25, 0.3) is 0 Å². The van der Waals surface area contributed by atoms with Crippen LogP contribution in [0, 0.1) is 20.8 Å². The molecule has 0 fully saturated rings. The first-order valence-electron chi connectivity index (χ1n) is 10.5. The molecular formula is C25H30ClN3O3. The molecule has 0 saturated carbocycles. The first kappa shape index (κ1) is 23.7. The monoisotopic (exact) mass is 455 g/mol. The standard InChI is InChI=1S/C25H29N3O3.ClH/c1-14-8-15(2)24(16(3)9-14)26-23-13-20-19-12-22(31-7)21(30-6)11-18(19)10-17(4)28(20)25(29)27(23)5;/h8-9,11-13,17H,10H2,1-7H3;1H. The summed E-state index contributed by atoms with van der Waals surface area (Å²) in [4.78, 5) is 18.3. The molecule has 0 amide bonds. The van der Waals surface area contributed by atoms with Crippen LogP contribution in [0.5, 0.6) is 11.5 Å². The average Bonchev–Trinajstić information content (AvgIpc) is 2.72. The minimum absolute atomic E-state index is 0. The van der Waals surface area contributed by atoms with E-state index < -0.39 is 0 Å². The number of aryl methyl sites for hydroxylation is 3. The topological polar surface area (TPSA) is 57.8 Å². The van der Waals surface area contributed by atoms with E-state index in [0.29, 0.717) is 17.0 Å². The molecule has 1 atom stereocenters. The fraction of sp³-hybridized carbons (Fsp3) is 0.360. The third-order valence-electron chi connectivity index (χ3n) is 6.07. The lowest BCUT2D eigenvalue weighted by molar-refractivity contribution is 0.354. The molecule has 1 aromatic heterocycles. The second-order valence-electron chi connectivity index (χ2n) is 8.38. The number of rotatable bonds is 3. The van der Waals surface area contributed by atoms with E-state index in [1.165, 1.54) is 5.56 Å². The van der Waals surface area contributed by atoms with Gasteiger partial charge in [-0.1, -0.05) is 17.7 Å². The third kappa shape index (κ3) is 3.84. The molecule has 3 aromatic rings. The van der Waals surface area contributed by atoms with E-state index in [9.17, 15) is 4.79 Å². The van der Waals surface area contributed by atoms with Gasteiger partial charge in [0.05, 0.1) is 25.6 Å². The van der Waals surface area contributed by atoms with Gasteiger partial charge in [0.15, 0.2) is 11.5 Å². The van der Waals surface area contributed by atoms with Crippen molar-refractivity contribution in [3.05, 3.63) is 68.6 Å². The highest BCUT2D eigenvalue weighted by Gasteiger charge is 2.26. The molecule has 2 heterocycles. The van der Waals surface area contributed by atoms with Crippen molar-refractivity contribution in [1.29, 1.82) is 0 Å². The Kier molecular flexibility index (Phi) is 6.56. The van der Waals surface area contributed by atoms with Crippen molar-refractivity contribution in [1.82, 2.24) is 9.13 Å². The molecule has 7 heteroatoms. The summed E-state index contributed by atoms with van der Waals surface area (Å²) in [5, 5.41) is 0. The molecule has 170 valence electrons. The number of ether oxygens (including phenoxy) is 2. The number of nitrogens with zero attached hydrogens (tertiary/aromatic N) is 3. The zero-order valence-corrected chi connectivity index (χ0v) is 20.5. The van der Waals surface area contributed by atoms with Gasteiger partial charge in [0.2, 0.25) is 0 Å². The van der Waals surface area contributed by atoms with Crippen molar-refractivity contribution in [3.63, 3.8) is 0 Å². The molecule has 2 aromatic carbocycles. The maximum absolute atomic E-state index is 13.4. The van der Waals surface area contributed by atoms with E-state index in [1.54, 1.807) is 25.8 Å². The van der Waals surface area contributed by atoms with E-state index in [1.807, 2.05) is 22.8 Å². The van der Waals surface area contributed by atoms with E-state index in [-0.39, 0.29) is 24.1 Å². The second kappa shape index (κ2) is 8.87. The third-order valence-corrected chi connectivity index (χ3v) is 6.07. The number of aromatic nitrogens is 2. The molecule has 1 unspecified atom stereocenters. The quantitative estimate of drug-likeness (QED) is 0.581. The number of fused-ring (bicyclic) bond motifs is 3. The minimum Gasteiger partial charge on any atom is -0.493 e. The lowest BCUT2D eigenvalue weighted by atomic mass is 9.93. The highest BCUT2D eigenvalue weighted by Crippen LogP contribution is 2.40. The number of halogens is 1. The highest BCUT2D eigenvalue weighted by molar-refractivity contribution is 5.85. The van der Waals surface area contributed by atoms with Gasteiger partial charge in [-0.3, -0.25) is 9.13 Å². The van der Waals surface area contributed by atoms with Crippen LogP contribution in [0.3, 0.4) is 0 Å². The van der Waals surface area contributed by atoms with Crippen molar-refractivity contribution in [2.45, 2.75) is 40.2 Å². The number of benzene rings is 2. The van der Waals surface area contributed by atoms with Crippen LogP contribution in [-0.2, 0) is 13.5 Å². The molecule has 4 rings (SSSR count). The Bertz CT molecular complexity index is 1300. The van der Waals surface area contributed by atoms with Crippen LogP contribution in [0.1, 0.15) is 35.2 Å². The Balaban J connectivity index is 0.00000289. The van der Waals surface area contributed by atoms with Gasteiger partial charge >= 0.3 is 5.69 Å². The first-order chi connectivity index (χ1) is 14.7. The molecule has 0 bridgehead atoms. The summed E-state index contributed by atoms with van der Waals surface area (Å²) < 4.78 is 14.5. The van der Waals surface area contributed by atoms with E-state index in [4.69, 9.17) is 14.5 Å². The average molecular weight is 456 g/mol. The fourth-order valence-electron chi connectivity index (χ4n) is 4.59. The molecule has 1 aliphatic rings. The fourth-order valence-corrected chi connectivity index (χ4v) is 4.59. The van der Waals surface area contributed by atoms with Crippen molar-refractivity contribution in [2.75, 3.05) is 14.2 Å². The summed E-state index contributed by atoms with van der Waals surface area (Å²) in [7, 11) is 5.04. The SMILES string of the molecule is COc1cc2c(cc1OC)-c1cc(=Nc3c(C)cc(C)cc3C)n(C)c(=O)n1C(C)C2.Cl. The van der Waals surface area contributed by atoms with Gasteiger partial charge in [-0.2, -0.15) is 0 Å². The van der Waals surface area contributed by atoms with Crippen LogP contribution >= 0.6 is 12.4 Å². The highest BCUT2D eigenvalue weighted by atomic mass is 35.5. The van der Waals surface area contributed by atoms with Crippen LogP contribution in [0.15, 0.2) is 40.1 Å². The summed E-state index contributed by atoms with van der Waals surface area (Å²) in [5.41, 5.74) is 7.79. The number of hydrogen-bond donors (Lipinski definition) is 0. The Morgan fingerprint density at radius 1 is 0.969 bits per heavy atom. The van der Waals surface area contributed by atoms with Crippen molar-refractivity contribution >= 4 is 18.1 Å². The molecule has 0 radical (unpaired) electrons. The number of hydrogen-bond acceptors (Lipinski definition) is 4. The van der Waals surface area contributed by atoms with Crippen LogP contribution in [-0.4, -0.2) is 23.4 Å². The van der Waals surface area contributed by atoms with Gasteiger partial charge in [-0.15, -0.1) is 12.4 Å². The van der Waals surface area contributed by atoms with Crippen molar-refractivity contribution in [2.24, 2.45) is 12.0 Å². The van der Waals surface area contributed by atoms with Crippen LogP contribution in [0.2, 0.25) is 0 Å². The summed E-state index contributed by atoms with van der Waals surface area (Å²) >= 11 is 0. The summed E-state index contributed by atoms with van der Waals surface area (Å²) in [6.45, 7) is 8.25. The lowest BCUT2D eigenvalue weighted by Crippen LogP contribution is -2.41. The Morgan fingerprint density at radius 3 is 2.16 bits per heavy atom. The predicted octanol–water partition coefficient (Wildman–Crippen LogP) is 4.57. The van der Waals surface area contributed by atoms with Crippen LogP contribution in [0.4, 0.5) is 5.69 Å². The maximum Gasteiger partial charge on any atom is 0.330 e. The molecular weight excluding hydrogens is 426 g/mol. The summed E-state index contributed by atoms with van der Waals surface area (Å²) in [5.74, 6) is 1.34. The normalized spacial score (nSPS) is 15.0. The summed E-state index contributed by atoms with van der Waals surface area (Å²) in [6.07, 6.45) is 0.745. The van der Waals surface area contributed by atoms with Crippen LogP contribution < -0.4 is 20.7 Å². The maximum atomic E-state index is 13.4.